The van der Waals surface area contributed by atoms with E-state index in [1.54, 1.807) is 14.0 Å². The quantitative estimate of drug-likeness (QED) is 0.750. The number of nitrogens with one attached hydrogen (secondary N) is 1. The minimum atomic E-state index is -0.433. The van der Waals surface area contributed by atoms with Crippen LogP contribution < -0.4 is 30.0 Å². The molecule has 0 aliphatic carbocycles. The Morgan fingerprint density at radius 3 is 2.85 bits per heavy atom. The van der Waals surface area contributed by atoms with Gasteiger partial charge < -0.3 is 30.0 Å². The molecule has 0 saturated heterocycles. The van der Waals surface area contributed by atoms with Crippen LogP contribution in [0.25, 0.3) is 0 Å². The molecule has 0 aromatic heterocycles. The summed E-state index contributed by atoms with van der Waals surface area (Å²) < 4.78 is 22.3. The average molecular weight is 358 g/mol. The number of ether oxygens (including phenoxy) is 4. The van der Waals surface area contributed by atoms with Crippen LogP contribution in [0.3, 0.4) is 0 Å². The first-order valence-corrected chi connectivity index (χ1v) is 8.28. The zero-order chi connectivity index (χ0) is 18.5. The van der Waals surface area contributed by atoms with Crippen LogP contribution in [-0.2, 0) is 17.9 Å². The average Bonchev–Trinajstić information content (AvgIpc) is 3.15. The van der Waals surface area contributed by atoms with Crippen LogP contribution in [0.4, 0.5) is 0 Å². The molecule has 0 bridgehead atoms. The number of carbonyl (C=O) groups excluding carboxylic acids is 1. The Labute approximate surface area is 152 Å². The van der Waals surface area contributed by atoms with Crippen molar-refractivity contribution in [2.24, 2.45) is 5.73 Å². The molecule has 138 valence electrons. The van der Waals surface area contributed by atoms with Gasteiger partial charge in [0, 0.05) is 12.1 Å². The van der Waals surface area contributed by atoms with Gasteiger partial charge in [0.15, 0.2) is 11.5 Å². The van der Waals surface area contributed by atoms with E-state index in [4.69, 9.17) is 24.7 Å². The van der Waals surface area contributed by atoms with Crippen LogP contribution in [-0.4, -0.2) is 25.9 Å². The first kappa shape index (κ1) is 17.9. The highest BCUT2D eigenvalue weighted by atomic mass is 16.7. The number of rotatable bonds is 8. The van der Waals surface area contributed by atoms with Gasteiger partial charge in [0.1, 0.15) is 12.4 Å². The third kappa shape index (κ3) is 4.00. The van der Waals surface area contributed by atoms with Gasteiger partial charge in [-0.05, 0) is 30.7 Å². The molecule has 0 unspecified atom stereocenters. The van der Waals surface area contributed by atoms with E-state index in [1.807, 2.05) is 36.4 Å². The number of carbonyl (C=O) groups is 1. The zero-order valence-corrected chi connectivity index (χ0v) is 14.8. The summed E-state index contributed by atoms with van der Waals surface area (Å²) in [5, 5.41) is 3.05. The molecule has 0 spiro atoms. The predicted molar refractivity (Wildman–Crippen MR) is 95.4 cm³/mol. The molecule has 3 N–H and O–H groups in total. The smallest absolute Gasteiger partial charge is 0.234 e. The highest BCUT2D eigenvalue weighted by molar-refractivity contribution is 5.79. The van der Waals surface area contributed by atoms with E-state index in [9.17, 15) is 4.79 Å². The van der Waals surface area contributed by atoms with Crippen LogP contribution in [0.2, 0.25) is 0 Å². The lowest BCUT2D eigenvalue weighted by atomic mass is 10.1. The fourth-order valence-electron chi connectivity index (χ4n) is 2.57. The number of amides is 1. The van der Waals surface area contributed by atoms with E-state index in [2.05, 4.69) is 5.32 Å². The van der Waals surface area contributed by atoms with Crippen molar-refractivity contribution in [1.29, 1.82) is 0 Å². The third-order valence-electron chi connectivity index (χ3n) is 4.12. The maximum Gasteiger partial charge on any atom is 0.234 e. The summed E-state index contributed by atoms with van der Waals surface area (Å²) in [6, 6.07) is 11.0. The minimum absolute atomic E-state index is 0.132. The predicted octanol–water partition coefficient (Wildman–Crippen LogP) is 1.97. The van der Waals surface area contributed by atoms with Crippen LogP contribution in [0.5, 0.6) is 23.0 Å². The molecule has 7 heteroatoms. The Balaban J connectivity index is 1.71. The van der Waals surface area contributed by atoms with Crippen molar-refractivity contribution in [2.75, 3.05) is 13.9 Å². The first-order chi connectivity index (χ1) is 12.6. The van der Waals surface area contributed by atoms with E-state index < -0.39 is 11.9 Å². The molecule has 0 saturated carbocycles. The Kier molecular flexibility index (Phi) is 5.48. The van der Waals surface area contributed by atoms with Gasteiger partial charge in [0.25, 0.3) is 0 Å². The third-order valence-corrected chi connectivity index (χ3v) is 4.12. The van der Waals surface area contributed by atoms with Gasteiger partial charge in [0.05, 0.1) is 13.2 Å². The summed E-state index contributed by atoms with van der Waals surface area (Å²) >= 11 is 0. The van der Waals surface area contributed by atoms with Crippen molar-refractivity contribution < 1.29 is 23.7 Å². The molecule has 1 heterocycles. The summed E-state index contributed by atoms with van der Waals surface area (Å²) in [5.41, 5.74) is 7.12. The van der Waals surface area contributed by atoms with Gasteiger partial charge in [0.2, 0.25) is 18.4 Å². The van der Waals surface area contributed by atoms with E-state index >= 15 is 0 Å². The van der Waals surface area contributed by atoms with Gasteiger partial charge in [-0.15, -0.1) is 0 Å². The number of hydrogen-bond donors (Lipinski definition) is 2. The van der Waals surface area contributed by atoms with Crippen molar-refractivity contribution in [3.63, 3.8) is 0 Å². The Bertz CT molecular complexity index is 793. The SMILES string of the molecule is COc1cccc(COc2ccc(CN[C@@H](C)C(N)=O)c3c2OCO3)c1. The Morgan fingerprint density at radius 1 is 1.27 bits per heavy atom. The summed E-state index contributed by atoms with van der Waals surface area (Å²) in [6.07, 6.45) is 0. The molecule has 26 heavy (non-hydrogen) atoms. The van der Waals surface area contributed by atoms with Crippen molar-refractivity contribution in [1.82, 2.24) is 5.32 Å². The van der Waals surface area contributed by atoms with Crippen LogP contribution in [0, 0.1) is 0 Å². The normalized spacial score (nSPS) is 13.3. The number of hydrogen-bond acceptors (Lipinski definition) is 6. The summed E-state index contributed by atoms with van der Waals surface area (Å²) in [4.78, 5) is 11.1. The second-order valence-corrected chi connectivity index (χ2v) is 5.93. The van der Waals surface area contributed by atoms with Crippen molar-refractivity contribution in [3.05, 3.63) is 47.5 Å². The van der Waals surface area contributed by atoms with Crippen molar-refractivity contribution >= 4 is 5.91 Å². The van der Waals surface area contributed by atoms with E-state index in [-0.39, 0.29) is 6.79 Å². The van der Waals surface area contributed by atoms with Gasteiger partial charge in [-0.1, -0.05) is 18.2 Å². The fourth-order valence-corrected chi connectivity index (χ4v) is 2.57. The molecule has 1 amide bonds. The Morgan fingerprint density at radius 2 is 2.08 bits per heavy atom. The molecule has 1 aliphatic heterocycles. The van der Waals surface area contributed by atoms with Crippen LogP contribution in [0.15, 0.2) is 36.4 Å². The van der Waals surface area contributed by atoms with Gasteiger partial charge in [-0.2, -0.15) is 0 Å². The van der Waals surface area contributed by atoms with E-state index in [0.717, 1.165) is 16.9 Å². The number of nitrogens with two attached hydrogens (primary N) is 1. The zero-order valence-electron chi connectivity index (χ0n) is 14.8. The lowest BCUT2D eigenvalue weighted by molar-refractivity contribution is -0.119. The van der Waals surface area contributed by atoms with Gasteiger partial charge >= 0.3 is 0 Å². The molecule has 1 aliphatic rings. The lowest BCUT2D eigenvalue weighted by Gasteiger charge is -2.14. The lowest BCUT2D eigenvalue weighted by Crippen LogP contribution is -2.38. The Hall–Kier alpha value is -2.93. The highest BCUT2D eigenvalue weighted by Crippen LogP contribution is 2.43. The molecular formula is C19H22N2O5. The fraction of sp³-hybridized carbons (Fsp3) is 0.316. The number of fused-ring (bicyclic) bond motifs is 1. The molecule has 0 radical (unpaired) electrons. The standard InChI is InChI=1S/C19H22N2O5/c1-12(19(20)22)21-9-14-6-7-16(18-17(14)25-11-26-18)24-10-13-4-3-5-15(8-13)23-2/h3-8,12,21H,9-11H2,1-2H3,(H2,20,22)/t12-/m0/s1. The number of primary amides is 1. The van der Waals surface area contributed by atoms with E-state index in [0.29, 0.717) is 30.4 Å². The van der Waals surface area contributed by atoms with Crippen LogP contribution >= 0.6 is 0 Å². The number of methoxy groups -OCH3 is 1. The second-order valence-electron chi connectivity index (χ2n) is 5.93. The maximum atomic E-state index is 11.1. The monoisotopic (exact) mass is 358 g/mol. The highest BCUT2D eigenvalue weighted by Gasteiger charge is 2.23. The topological polar surface area (TPSA) is 92.0 Å². The summed E-state index contributed by atoms with van der Waals surface area (Å²) in [5.74, 6) is 2.17. The van der Waals surface area contributed by atoms with Gasteiger partial charge in [-0.25, -0.2) is 0 Å². The van der Waals surface area contributed by atoms with Crippen molar-refractivity contribution in [3.8, 4) is 23.0 Å². The minimum Gasteiger partial charge on any atom is -0.497 e. The van der Waals surface area contributed by atoms with Crippen LogP contribution in [0.1, 0.15) is 18.1 Å². The molecule has 0 fully saturated rings. The number of benzene rings is 2. The largest absolute Gasteiger partial charge is 0.497 e. The summed E-state index contributed by atoms with van der Waals surface area (Å²) in [7, 11) is 1.63. The molecule has 1 atom stereocenters. The first-order valence-electron chi connectivity index (χ1n) is 8.28. The van der Waals surface area contributed by atoms with E-state index in [1.165, 1.54) is 0 Å². The molecule has 7 nitrogen and oxygen atoms in total. The van der Waals surface area contributed by atoms with Gasteiger partial charge in [-0.3, -0.25) is 4.79 Å². The molecule has 2 aromatic carbocycles. The maximum absolute atomic E-state index is 11.1. The molecule has 2 aromatic rings. The van der Waals surface area contributed by atoms with Crippen molar-refractivity contribution in [2.45, 2.75) is 26.1 Å². The molecular weight excluding hydrogens is 336 g/mol. The molecule has 3 rings (SSSR count). The second kappa shape index (κ2) is 7.97. The summed E-state index contributed by atoms with van der Waals surface area (Å²) in [6.45, 7) is 2.66.